The summed E-state index contributed by atoms with van der Waals surface area (Å²) in [6, 6.07) is 15.5. The van der Waals surface area contributed by atoms with Crippen molar-refractivity contribution in [1.29, 1.82) is 0 Å². The average Bonchev–Trinajstić information content (AvgIpc) is 2.80. The minimum atomic E-state index is -1.52. The lowest BCUT2D eigenvalue weighted by Gasteiger charge is -2.11. The molecule has 0 aliphatic rings. The number of aryl methyl sites for hydroxylation is 3. The molecule has 0 N–H and O–H groups in total. The van der Waals surface area contributed by atoms with E-state index in [1.54, 1.807) is 42.5 Å². The van der Waals surface area contributed by atoms with Gasteiger partial charge in [-0.3, -0.25) is 0 Å². The monoisotopic (exact) mass is 454 g/mol. The Morgan fingerprint density at radius 3 is 2.03 bits per heavy atom. The van der Waals surface area contributed by atoms with Crippen molar-refractivity contribution in [2.45, 2.75) is 39.0 Å². The van der Waals surface area contributed by atoms with Crippen molar-refractivity contribution in [3.05, 3.63) is 106 Å². The first-order valence-corrected chi connectivity index (χ1v) is 11.0. The second-order valence-electron chi connectivity index (χ2n) is 8.27. The molecule has 0 aliphatic carbocycles. The molecule has 0 unspecified atom stereocenters. The van der Waals surface area contributed by atoms with Gasteiger partial charge in [-0.25, -0.2) is 22.0 Å². The summed E-state index contributed by atoms with van der Waals surface area (Å²) >= 11 is 0. The van der Waals surface area contributed by atoms with Gasteiger partial charge in [0.05, 0.1) is 0 Å². The van der Waals surface area contributed by atoms with Gasteiger partial charge < -0.3 is 0 Å². The lowest BCUT2D eigenvalue weighted by Crippen LogP contribution is -1.99. The van der Waals surface area contributed by atoms with E-state index in [9.17, 15) is 17.6 Å². The Hall–Kier alpha value is -3.21. The van der Waals surface area contributed by atoms with E-state index < -0.39 is 23.3 Å². The minimum Gasteiger partial charge on any atom is -0.206 e. The molecule has 5 heteroatoms. The van der Waals surface area contributed by atoms with E-state index in [2.05, 4.69) is 6.92 Å². The number of halogens is 5. The second kappa shape index (κ2) is 9.74. The van der Waals surface area contributed by atoms with Gasteiger partial charge in [-0.1, -0.05) is 49.7 Å². The predicted octanol–water partition coefficient (Wildman–Crippen LogP) is 8.33. The van der Waals surface area contributed by atoms with E-state index in [0.717, 1.165) is 37.0 Å². The Balaban J connectivity index is 1.58. The van der Waals surface area contributed by atoms with Crippen LogP contribution in [0.3, 0.4) is 0 Å². The van der Waals surface area contributed by atoms with Gasteiger partial charge in [0, 0.05) is 10.9 Å². The largest absolute Gasteiger partial charge is 0.206 e. The van der Waals surface area contributed by atoms with Crippen LogP contribution in [-0.4, -0.2) is 0 Å². The lowest BCUT2D eigenvalue weighted by molar-refractivity contribution is 0.445. The van der Waals surface area contributed by atoms with E-state index >= 15 is 4.39 Å². The summed E-state index contributed by atoms with van der Waals surface area (Å²) in [7, 11) is 0. The fraction of sp³-hybridized carbons (Fsp3) is 0.214. The summed E-state index contributed by atoms with van der Waals surface area (Å²) in [5.41, 5.74) is 2.70. The number of fused-ring (bicyclic) bond motifs is 1. The summed E-state index contributed by atoms with van der Waals surface area (Å²) in [6.07, 6.45) is 3.23. The molecular weight excluding hydrogens is 431 g/mol. The molecule has 4 aromatic carbocycles. The van der Waals surface area contributed by atoms with E-state index in [1.165, 1.54) is 0 Å². The Bertz CT molecular complexity index is 1290. The van der Waals surface area contributed by atoms with Crippen LogP contribution >= 0.6 is 0 Å². The molecule has 0 radical (unpaired) electrons. The van der Waals surface area contributed by atoms with Crippen LogP contribution in [0.1, 0.15) is 36.5 Å². The molecule has 0 aliphatic heterocycles. The summed E-state index contributed by atoms with van der Waals surface area (Å²) < 4.78 is 69.8. The van der Waals surface area contributed by atoms with Gasteiger partial charge >= 0.3 is 0 Å². The number of unbranched alkanes of at least 4 members (excludes halogenated alkanes) is 1. The third kappa shape index (κ3) is 4.92. The van der Waals surface area contributed by atoms with Crippen LogP contribution < -0.4 is 0 Å². The Morgan fingerprint density at radius 2 is 1.33 bits per heavy atom. The first-order valence-electron chi connectivity index (χ1n) is 11.0. The number of hydrogen-bond donors (Lipinski definition) is 0. The second-order valence-corrected chi connectivity index (χ2v) is 8.27. The van der Waals surface area contributed by atoms with Crippen molar-refractivity contribution < 1.29 is 22.0 Å². The zero-order chi connectivity index (χ0) is 23.5. The van der Waals surface area contributed by atoms with Crippen molar-refractivity contribution in [1.82, 2.24) is 0 Å². The fourth-order valence-corrected chi connectivity index (χ4v) is 4.06. The molecule has 170 valence electrons. The zero-order valence-corrected chi connectivity index (χ0v) is 18.2. The van der Waals surface area contributed by atoms with Crippen molar-refractivity contribution >= 4 is 10.8 Å². The highest BCUT2D eigenvalue weighted by Crippen LogP contribution is 2.30. The van der Waals surface area contributed by atoms with Gasteiger partial charge in [-0.15, -0.1) is 0 Å². The van der Waals surface area contributed by atoms with Gasteiger partial charge in [0.25, 0.3) is 0 Å². The SMILES string of the molecule is CCCCc1ccc(-c2ccc3c(F)c(CCc4cc(F)c(F)c(F)c4)ccc3c2)c(F)c1. The van der Waals surface area contributed by atoms with E-state index in [-0.39, 0.29) is 24.2 Å². The predicted molar refractivity (Wildman–Crippen MR) is 122 cm³/mol. The first kappa shape index (κ1) is 23.0. The Kier molecular flexibility index (Phi) is 6.77. The smallest absolute Gasteiger partial charge is 0.194 e. The third-order valence-electron chi connectivity index (χ3n) is 5.92. The van der Waals surface area contributed by atoms with Crippen molar-refractivity contribution in [2.24, 2.45) is 0 Å². The van der Waals surface area contributed by atoms with Crippen molar-refractivity contribution in [3.8, 4) is 11.1 Å². The maximum Gasteiger partial charge on any atom is 0.194 e. The molecule has 0 atom stereocenters. The molecular formula is C28H23F5. The van der Waals surface area contributed by atoms with Crippen LogP contribution in [-0.2, 0) is 19.3 Å². The molecule has 0 spiro atoms. The van der Waals surface area contributed by atoms with Crippen LogP contribution in [0.4, 0.5) is 22.0 Å². The van der Waals surface area contributed by atoms with Gasteiger partial charge in [0.2, 0.25) is 0 Å². The van der Waals surface area contributed by atoms with Crippen LogP contribution in [0.5, 0.6) is 0 Å². The number of benzene rings is 4. The standard InChI is InChI=1S/C28H23F5/c1-2-3-4-17-6-11-22(24(29)13-17)20-10-12-23-21(16-20)9-8-19(27(23)32)7-5-18-14-25(30)28(33)26(31)15-18/h6,8-16H,2-5,7H2,1H3. The molecule has 4 aromatic rings. The average molecular weight is 454 g/mol. The van der Waals surface area contributed by atoms with Crippen LogP contribution in [0.2, 0.25) is 0 Å². The van der Waals surface area contributed by atoms with E-state index in [4.69, 9.17) is 0 Å². The molecule has 0 bridgehead atoms. The Morgan fingerprint density at radius 1 is 0.606 bits per heavy atom. The van der Waals surface area contributed by atoms with Crippen LogP contribution in [0, 0.1) is 29.1 Å². The maximum atomic E-state index is 15.1. The summed E-state index contributed by atoms with van der Waals surface area (Å²) in [6.45, 7) is 2.09. The molecule has 0 heterocycles. The molecule has 0 nitrogen and oxygen atoms in total. The number of hydrogen-bond acceptors (Lipinski definition) is 0. The first-order chi connectivity index (χ1) is 15.9. The summed E-state index contributed by atoms with van der Waals surface area (Å²) in [4.78, 5) is 0. The quantitative estimate of drug-likeness (QED) is 0.194. The zero-order valence-electron chi connectivity index (χ0n) is 18.2. The van der Waals surface area contributed by atoms with Crippen LogP contribution in [0.25, 0.3) is 21.9 Å². The van der Waals surface area contributed by atoms with Crippen molar-refractivity contribution in [3.63, 3.8) is 0 Å². The normalized spacial score (nSPS) is 11.3. The van der Waals surface area contributed by atoms with Gasteiger partial charge in [0.15, 0.2) is 17.5 Å². The molecule has 0 fully saturated rings. The highest BCUT2D eigenvalue weighted by Gasteiger charge is 2.13. The van der Waals surface area contributed by atoms with Gasteiger partial charge in [-0.05, 0) is 77.6 Å². The topological polar surface area (TPSA) is 0 Å². The van der Waals surface area contributed by atoms with Crippen molar-refractivity contribution in [2.75, 3.05) is 0 Å². The summed E-state index contributed by atoms with van der Waals surface area (Å²) in [5, 5.41) is 1.01. The maximum absolute atomic E-state index is 15.1. The third-order valence-corrected chi connectivity index (χ3v) is 5.92. The van der Waals surface area contributed by atoms with E-state index in [0.29, 0.717) is 27.5 Å². The Labute approximate surface area is 189 Å². The van der Waals surface area contributed by atoms with Crippen LogP contribution in [0.15, 0.2) is 60.7 Å². The minimum absolute atomic E-state index is 0.157. The molecule has 0 aromatic heterocycles. The lowest BCUT2D eigenvalue weighted by atomic mass is 9.96. The highest BCUT2D eigenvalue weighted by atomic mass is 19.2. The fourth-order valence-electron chi connectivity index (χ4n) is 4.06. The van der Waals surface area contributed by atoms with Gasteiger partial charge in [-0.2, -0.15) is 0 Å². The van der Waals surface area contributed by atoms with E-state index in [1.807, 2.05) is 6.07 Å². The number of rotatable bonds is 7. The highest BCUT2D eigenvalue weighted by molar-refractivity contribution is 5.88. The molecule has 33 heavy (non-hydrogen) atoms. The molecule has 0 amide bonds. The molecule has 4 rings (SSSR count). The van der Waals surface area contributed by atoms with Gasteiger partial charge in [0.1, 0.15) is 11.6 Å². The summed E-state index contributed by atoms with van der Waals surface area (Å²) in [5.74, 6) is -4.78. The molecule has 0 saturated heterocycles. The molecule has 0 saturated carbocycles.